The molecule has 0 bridgehead atoms. The molecule has 14 heteroatoms. The van der Waals surface area contributed by atoms with Crippen LogP contribution in [0.5, 0.6) is 23.0 Å². The van der Waals surface area contributed by atoms with Crippen molar-refractivity contribution in [2.75, 3.05) is 6.61 Å². The van der Waals surface area contributed by atoms with Crippen molar-refractivity contribution in [3.8, 4) is 23.0 Å². The molecule has 0 heterocycles. The first kappa shape index (κ1) is 30.8. The molecule has 0 saturated carbocycles. The molecule has 4 rings (SSSR count). The van der Waals surface area contributed by atoms with Crippen LogP contribution < -0.4 is 19.6 Å². The Kier molecular flexibility index (Phi) is 10.1. The second-order valence-electron chi connectivity index (χ2n) is 8.65. The van der Waals surface area contributed by atoms with Gasteiger partial charge in [-0.3, -0.25) is 25.0 Å². The molecule has 0 fully saturated rings. The van der Waals surface area contributed by atoms with Crippen molar-refractivity contribution >= 4 is 46.7 Å². The number of nitro benzene ring substituents is 2. The van der Waals surface area contributed by atoms with E-state index in [0.717, 1.165) is 23.8 Å². The quantitative estimate of drug-likeness (QED) is 0.0974. The Morgan fingerprint density at radius 3 is 2.23 bits per heavy atom. The van der Waals surface area contributed by atoms with Crippen LogP contribution in [-0.4, -0.2) is 28.6 Å². The summed E-state index contributed by atoms with van der Waals surface area (Å²) in [5.41, 5.74) is 2.92. The molecular weight excluding hydrogens is 603 g/mol. The highest BCUT2D eigenvalue weighted by molar-refractivity contribution is 6.37. The summed E-state index contributed by atoms with van der Waals surface area (Å²) in [5, 5.41) is 26.3. The maximum Gasteiger partial charge on any atom is 0.318 e. The van der Waals surface area contributed by atoms with Crippen molar-refractivity contribution in [1.82, 2.24) is 5.43 Å². The lowest BCUT2D eigenvalue weighted by molar-refractivity contribution is -0.394. The number of hydrogen-bond donors (Lipinski definition) is 1. The van der Waals surface area contributed by atoms with E-state index in [1.807, 2.05) is 37.3 Å². The van der Waals surface area contributed by atoms with Gasteiger partial charge in [-0.25, -0.2) is 5.43 Å². The molecule has 0 aliphatic carbocycles. The molecule has 0 aliphatic heterocycles. The van der Waals surface area contributed by atoms with E-state index in [1.54, 1.807) is 18.2 Å². The van der Waals surface area contributed by atoms with E-state index in [-0.39, 0.29) is 27.1 Å². The van der Waals surface area contributed by atoms with Crippen molar-refractivity contribution in [2.45, 2.75) is 13.5 Å². The molecule has 4 aromatic carbocycles. The SMILES string of the molecule is CCOc1cc(C(=O)N/N=C/c2cc(Cl)c(Oc3ccc([N+](=O)[O-])cc3[N+](=O)[O-])c(Cl)c2)ccc1OCc1ccccc1. The zero-order chi connectivity index (χ0) is 30.9. The highest BCUT2D eigenvalue weighted by atomic mass is 35.5. The summed E-state index contributed by atoms with van der Waals surface area (Å²) in [5.74, 6) is -0.0428. The Morgan fingerprint density at radius 1 is 0.884 bits per heavy atom. The monoisotopic (exact) mass is 624 g/mol. The summed E-state index contributed by atoms with van der Waals surface area (Å²) in [7, 11) is 0. The lowest BCUT2D eigenvalue weighted by Gasteiger charge is -2.13. The van der Waals surface area contributed by atoms with Crippen molar-refractivity contribution in [1.29, 1.82) is 0 Å². The third kappa shape index (κ3) is 7.97. The van der Waals surface area contributed by atoms with Gasteiger partial charge in [0.2, 0.25) is 5.75 Å². The predicted octanol–water partition coefficient (Wildman–Crippen LogP) is 7.34. The number of ether oxygens (including phenoxy) is 3. The van der Waals surface area contributed by atoms with E-state index < -0.39 is 27.1 Å². The number of hydrazone groups is 1. The second-order valence-corrected chi connectivity index (χ2v) is 9.46. The smallest absolute Gasteiger partial charge is 0.318 e. The van der Waals surface area contributed by atoms with Gasteiger partial charge in [0.15, 0.2) is 17.2 Å². The standard InChI is InChI=1S/C29H22Cl2N4O8/c1-2-41-27-14-20(8-10-26(27)42-17-18-6-4-3-5-7-18)29(36)33-32-16-19-12-22(30)28(23(31)13-19)43-25-11-9-21(34(37)38)15-24(25)35(39)40/h3-16H,2,17H2,1H3,(H,33,36)/b32-16+. The maximum atomic E-state index is 12.7. The second kappa shape index (κ2) is 14.1. The van der Waals surface area contributed by atoms with Gasteiger partial charge < -0.3 is 14.2 Å². The van der Waals surface area contributed by atoms with Gasteiger partial charge in [0.25, 0.3) is 11.6 Å². The van der Waals surface area contributed by atoms with E-state index in [4.69, 9.17) is 37.4 Å². The Balaban J connectivity index is 1.44. The normalized spacial score (nSPS) is 10.8. The minimum Gasteiger partial charge on any atom is -0.490 e. The molecule has 0 aliphatic rings. The van der Waals surface area contributed by atoms with Crippen LogP contribution in [0.15, 0.2) is 84.0 Å². The lowest BCUT2D eigenvalue weighted by Crippen LogP contribution is -2.17. The number of halogens is 2. The molecular formula is C29H22Cl2N4O8. The molecule has 43 heavy (non-hydrogen) atoms. The molecule has 0 aromatic heterocycles. The van der Waals surface area contributed by atoms with Gasteiger partial charge in [0.1, 0.15) is 6.61 Å². The molecule has 4 aromatic rings. The van der Waals surface area contributed by atoms with Crippen LogP contribution in [0.1, 0.15) is 28.4 Å². The van der Waals surface area contributed by atoms with E-state index in [9.17, 15) is 25.0 Å². The van der Waals surface area contributed by atoms with Gasteiger partial charge in [-0.15, -0.1) is 0 Å². The summed E-state index contributed by atoms with van der Waals surface area (Å²) in [6.07, 6.45) is 1.29. The number of carbonyl (C=O) groups is 1. The summed E-state index contributed by atoms with van der Waals surface area (Å²) < 4.78 is 17.1. The number of nitrogens with zero attached hydrogens (tertiary/aromatic N) is 3. The first-order valence-corrected chi connectivity index (χ1v) is 13.3. The summed E-state index contributed by atoms with van der Waals surface area (Å²) in [4.78, 5) is 33.5. The molecule has 1 N–H and O–H groups in total. The van der Waals surface area contributed by atoms with Gasteiger partial charge in [-0.05, 0) is 54.4 Å². The zero-order valence-electron chi connectivity index (χ0n) is 22.4. The molecule has 1 amide bonds. The molecule has 0 spiro atoms. The third-order valence-electron chi connectivity index (χ3n) is 5.71. The highest BCUT2D eigenvalue weighted by Crippen LogP contribution is 2.41. The van der Waals surface area contributed by atoms with Crippen LogP contribution in [0.3, 0.4) is 0 Å². The number of nitrogens with one attached hydrogen (secondary N) is 1. The maximum absolute atomic E-state index is 12.7. The zero-order valence-corrected chi connectivity index (χ0v) is 23.9. The van der Waals surface area contributed by atoms with Gasteiger partial charge in [0, 0.05) is 11.6 Å². The largest absolute Gasteiger partial charge is 0.490 e. The molecule has 220 valence electrons. The van der Waals surface area contributed by atoms with E-state index in [0.29, 0.717) is 30.3 Å². The average Bonchev–Trinajstić information content (AvgIpc) is 2.98. The molecule has 0 radical (unpaired) electrons. The number of rotatable bonds is 12. The predicted molar refractivity (Wildman–Crippen MR) is 160 cm³/mol. The minimum atomic E-state index is -0.823. The number of non-ortho nitro benzene ring substituents is 1. The minimum absolute atomic E-state index is 0.0274. The third-order valence-corrected chi connectivity index (χ3v) is 6.27. The van der Waals surface area contributed by atoms with Crippen LogP contribution in [0.25, 0.3) is 0 Å². The average molecular weight is 625 g/mol. The fourth-order valence-corrected chi connectivity index (χ4v) is 4.29. The number of hydrogen-bond acceptors (Lipinski definition) is 9. The summed E-state index contributed by atoms with van der Waals surface area (Å²) >= 11 is 12.6. The first-order chi connectivity index (χ1) is 20.7. The van der Waals surface area contributed by atoms with Crippen molar-refractivity contribution in [2.24, 2.45) is 5.10 Å². The Hall–Kier alpha value is -5.20. The van der Waals surface area contributed by atoms with Gasteiger partial charge in [0.05, 0.1) is 38.8 Å². The van der Waals surface area contributed by atoms with Gasteiger partial charge in [-0.1, -0.05) is 53.5 Å². The van der Waals surface area contributed by atoms with Crippen LogP contribution in [0.2, 0.25) is 10.0 Å². The van der Waals surface area contributed by atoms with Crippen molar-refractivity contribution < 1.29 is 28.9 Å². The first-order valence-electron chi connectivity index (χ1n) is 12.5. The molecule has 0 atom stereocenters. The fraction of sp³-hybridized carbons (Fsp3) is 0.103. The Labute approximate surface area is 254 Å². The van der Waals surface area contributed by atoms with Gasteiger partial charge >= 0.3 is 5.69 Å². The van der Waals surface area contributed by atoms with Gasteiger partial charge in [-0.2, -0.15) is 5.10 Å². The Morgan fingerprint density at radius 2 is 1.58 bits per heavy atom. The Bertz CT molecular complexity index is 1680. The fourth-order valence-electron chi connectivity index (χ4n) is 3.71. The van der Waals surface area contributed by atoms with E-state index in [1.165, 1.54) is 18.3 Å². The van der Waals surface area contributed by atoms with Crippen LogP contribution in [0.4, 0.5) is 11.4 Å². The van der Waals surface area contributed by atoms with E-state index in [2.05, 4.69) is 10.5 Å². The number of nitro groups is 2. The summed E-state index contributed by atoms with van der Waals surface area (Å²) in [6.45, 7) is 2.51. The molecule has 0 unspecified atom stereocenters. The number of carbonyl (C=O) groups excluding carboxylic acids is 1. The molecule has 0 saturated heterocycles. The van der Waals surface area contributed by atoms with Crippen molar-refractivity contribution in [3.05, 3.63) is 126 Å². The molecule has 12 nitrogen and oxygen atoms in total. The number of amides is 1. The van der Waals surface area contributed by atoms with Crippen LogP contribution >= 0.6 is 23.2 Å². The van der Waals surface area contributed by atoms with E-state index >= 15 is 0 Å². The van der Waals surface area contributed by atoms with Crippen LogP contribution in [-0.2, 0) is 6.61 Å². The highest BCUT2D eigenvalue weighted by Gasteiger charge is 2.23. The lowest BCUT2D eigenvalue weighted by atomic mass is 10.2. The number of benzene rings is 4. The van der Waals surface area contributed by atoms with Crippen LogP contribution in [0, 0.1) is 20.2 Å². The summed E-state index contributed by atoms with van der Waals surface area (Å²) in [6, 6.07) is 20.1. The van der Waals surface area contributed by atoms with Crippen molar-refractivity contribution in [3.63, 3.8) is 0 Å². The topological polar surface area (TPSA) is 155 Å².